The highest BCUT2D eigenvalue weighted by Crippen LogP contribution is 2.30. The Kier molecular flexibility index (Phi) is 6.39. The highest BCUT2D eigenvalue weighted by atomic mass is 19.4. The topological polar surface area (TPSA) is 83.8 Å². The average molecular weight is 481 g/mol. The van der Waals surface area contributed by atoms with Gasteiger partial charge in [0.25, 0.3) is 5.91 Å². The van der Waals surface area contributed by atoms with Gasteiger partial charge in [0.1, 0.15) is 25.1 Å². The summed E-state index contributed by atoms with van der Waals surface area (Å²) < 4.78 is 60.5. The first-order valence-electron chi connectivity index (χ1n) is 11.3. The number of benzene rings is 1. The van der Waals surface area contributed by atoms with E-state index in [4.69, 9.17) is 18.9 Å². The molecule has 1 saturated carbocycles. The summed E-state index contributed by atoms with van der Waals surface area (Å²) in [6, 6.07) is 6.44. The SMILES string of the molecule is O=C(N[C@H]1COc2ccc(COCC(F)(F)F)cc2C1)c1cc2n(n1)C[C@@H](COCC1CC1)O2. The molecule has 184 valence electrons. The van der Waals surface area contributed by atoms with Gasteiger partial charge < -0.3 is 24.3 Å². The summed E-state index contributed by atoms with van der Waals surface area (Å²) >= 11 is 0. The predicted octanol–water partition coefficient (Wildman–Crippen LogP) is 2.88. The van der Waals surface area contributed by atoms with Crippen molar-refractivity contribution in [1.29, 1.82) is 0 Å². The first-order valence-corrected chi connectivity index (χ1v) is 11.3. The molecule has 34 heavy (non-hydrogen) atoms. The van der Waals surface area contributed by atoms with Crippen LogP contribution in [0.1, 0.15) is 34.5 Å². The van der Waals surface area contributed by atoms with Crippen molar-refractivity contribution in [1.82, 2.24) is 15.1 Å². The fraction of sp³-hybridized carbons (Fsp3) is 0.565. The number of hydrogen-bond donors (Lipinski definition) is 1. The van der Waals surface area contributed by atoms with Crippen LogP contribution < -0.4 is 14.8 Å². The number of rotatable bonds is 9. The van der Waals surface area contributed by atoms with E-state index in [1.54, 1.807) is 28.9 Å². The normalized spacial score (nSPS) is 21.4. The largest absolute Gasteiger partial charge is 0.491 e. The number of fused-ring (bicyclic) bond motifs is 2. The number of nitrogens with one attached hydrogen (secondary N) is 1. The fourth-order valence-electron chi connectivity index (χ4n) is 4.05. The van der Waals surface area contributed by atoms with Crippen LogP contribution in [-0.4, -0.2) is 60.4 Å². The third kappa shape index (κ3) is 5.82. The van der Waals surface area contributed by atoms with Crippen LogP contribution in [0.15, 0.2) is 24.3 Å². The molecule has 0 unspecified atom stereocenters. The Morgan fingerprint density at radius 1 is 1.21 bits per heavy atom. The number of carbonyl (C=O) groups is 1. The molecule has 1 aliphatic carbocycles. The predicted molar refractivity (Wildman–Crippen MR) is 113 cm³/mol. The Hall–Kier alpha value is -2.79. The molecule has 1 fully saturated rings. The Morgan fingerprint density at radius 3 is 2.82 bits per heavy atom. The summed E-state index contributed by atoms with van der Waals surface area (Å²) in [6.45, 7) is 0.635. The highest BCUT2D eigenvalue weighted by molar-refractivity contribution is 5.92. The lowest BCUT2D eigenvalue weighted by atomic mass is 10.0. The van der Waals surface area contributed by atoms with Gasteiger partial charge in [-0.15, -0.1) is 0 Å². The lowest BCUT2D eigenvalue weighted by Gasteiger charge is -2.26. The van der Waals surface area contributed by atoms with Crippen LogP contribution in [0.3, 0.4) is 0 Å². The number of halogens is 3. The zero-order valence-electron chi connectivity index (χ0n) is 18.5. The minimum absolute atomic E-state index is 0.101. The van der Waals surface area contributed by atoms with Crippen molar-refractivity contribution in [2.24, 2.45) is 5.92 Å². The molecule has 0 spiro atoms. The monoisotopic (exact) mass is 481 g/mol. The molecule has 2 aliphatic heterocycles. The van der Waals surface area contributed by atoms with Crippen LogP contribution in [0, 0.1) is 5.92 Å². The van der Waals surface area contributed by atoms with Gasteiger partial charge in [-0.1, -0.05) is 6.07 Å². The van der Waals surface area contributed by atoms with E-state index in [0.717, 1.165) is 12.2 Å². The van der Waals surface area contributed by atoms with E-state index >= 15 is 0 Å². The third-order valence-electron chi connectivity index (χ3n) is 5.89. The van der Waals surface area contributed by atoms with Gasteiger partial charge in [0.2, 0.25) is 5.88 Å². The van der Waals surface area contributed by atoms with Crippen LogP contribution >= 0.6 is 0 Å². The number of carbonyl (C=O) groups excluding carboxylic acids is 1. The number of amides is 1. The van der Waals surface area contributed by atoms with Gasteiger partial charge in [-0.25, -0.2) is 4.68 Å². The minimum Gasteiger partial charge on any atom is -0.491 e. The van der Waals surface area contributed by atoms with E-state index < -0.39 is 12.8 Å². The summed E-state index contributed by atoms with van der Waals surface area (Å²) in [5.41, 5.74) is 1.67. The van der Waals surface area contributed by atoms with Crippen molar-refractivity contribution in [2.75, 3.05) is 26.4 Å². The van der Waals surface area contributed by atoms with Gasteiger partial charge in [-0.3, -0.25) is 4.79 Å². The molecule has 1 N–H and O–H groups in total. The summed E-state index contributed by atoms with van der Waals surface area (Å²) in [7, 11) is 0. The van der Waals surface area contributed by atoms with E-state index in [9.17, 15) is 18.0 Å². The molecule has 1 aromatic heterocycles. The first kappa shape index (κ1) is 23.0. The molecule has 3 aliphatic rings. The number of ether oxygens (including phenoxy) is 4. The van der Waals surface area contributed by atoms with E-state index in [1.807, 2.05) is 0 Å². The zero-order chi connectivity index (χ0) is 23.7. The standard InChI is InChI=1S/C23H26F3N3O5/c24-23(25,26)13-32-10-15-3-4-20-16(5-15)6-17(11-33-20)27-22(30)19-7-21-29(28-19)8-18(34-21)12-31-9-14-1-2-14/h3-5,7,14,17-18H,1-2,6,8-13H2,(H,27,30)/t17-,18+/m1/s1. The van der Waals surface area contributed by atoms with Crippen molar-refractivity contribution in [3.63, 3.8) is 0 Å². The molecule has 2 aromatic rings. The summed E-state index contributed by atoms with van der Waals surface area (Å²) in [5.74, 6) is 1.54. The van der Waals surface area contributed by atoms with Gasteiger partial charge >= 0.3 is 6.18 Å². The maximum atomic E-state index is 12.7. The van der Waals surface area contributed by atoms with E-state index in [0.29, 0.717) is 42.7 Å². The summed E-state index contributed by atoms with van der Waals surface area (Å²) in [6.07, 6.45) is -1.51. The number of nitrogens with zero attached hydrogens (tertiary/aromatic N) is 2. The second kappa shape index (κ2) is 9.46. The van der Waals surface area contributed by atoms with Crippen LogP contribution in [-0.2, 0) is 29.0 Å². The first-order chi connectivity index (χ1) is 16.3. The summed E-state index contributed by atoms with van der Waals surface area (Å²) in [4.78, 5) is 12.7. The quantitative estimate of drug-likeness (QED) is 0.593. The smallest absolute Gasteiger partial charge is 0.411 e. The molecule has 1 amide bonds. The molecule has 1 aromatic carbocycles. The lowest BCUT2D eigenvalue weighted by Crippen LogP contribution is -2.43. The second-order valence-corrected chi connectivity index (χ2v) is 9.01. The van der Waals surface area contributed by atoms with E-state index in [2.05, 4.69) is 10.4 Å². The average Bonchev–Trinajstić information content (AvgIpc) is 3.39. The third-order valence-corrected chi connectivity index (χ3v) is 5.89. The minimum atomic E-state index is -4.37. The van der Waals surface area contributed by atoms with Crippen LogP contribution in [0.25, 0.3) is 0 Å². The maximum absolute atomic E-state index is 12.7. The zero-order valence-corrected chi connectivity index (χ0v) is 18.5. The van der Waals surface area contributed by atoms with Crippen LogP contribution in [0.5, 0.6) is 11.6 Å². The van der Waals surface area contributed by atoms with E-state index in [-0.39, 0.29) is 37.0 Å². The number of alkyl halides is 3. The highest BCUT2D eigenvalue weighted by Gasteiger charge is 2.30. The maximum Gasteiger partial charge on any atom is 0.411 e. The molecule has 0 radical (unpaired) electrons. The summed E-state index contributed by atoms with van der Waals surface area (Å²) in [5, 5.41) is 7.26. The molecule has 5 rings (SSSR count). The Labute approximate surface area is 194 Å². The molecule has 3 heterocycles. The molecular weight excluding hydrogens is 455 g/mol. The molecular formula is C23H26F3N3O5. The molecule has 8 nitrogen and oxygen atoms in total. The molecule has 2 atom stereocenters. The Morgan fingerprint density at radius 2 is 2.06 bits per heavy atom. The molecule has 11 heteroatoms. The van der Waals surface area contributed by atoms with Crippen LogP contribution in [0.4, 0.5) is 13.2 Å². The van der Waals surface area contributed by atoms with Crippen molar-refractivity contribution < 1.29 is 36.9 Å². The Balaban J connectivity index is 1.12. The second-order valence-electron chi connectivity index (χ2n) is 9.01. The van der Waals surface area contributed by atoms with Crippen LogP contribution in [0.2, 0.25) is 0 Å². The van der Waals surface area contributed by atoms with Gasteiger partial charge in [0.05, 0.1) is 25.8 Å². The number of hydrogen-bond acceptors (Lipinski definition) is 6. The van der Waals surface area contributed by atoms with Crippen molar-refractivity contribution in [3.05, 3.63) is 41.1 Å². The molecule has 0 saturated heterocycles. The Bertz CT molecular complexity index is 1010. The van der Waals surface area contributed by atoms with Gasteiger partial charge in [0.15, 0.2) is 5.69 Å². The van der Waals surface area contributed by atoms with Crippen molar-refractivity contribution >= 4 is 5.91 Å². The number of aromatic nitrogens is 2. The van der Waals surface area contributed by atoms with Gasteiger partial charge in [0, 0.05) is 12.7 Å². The molecule has 0 bridgehead atoms. The van der Waals surface area contributed by atoms with E-state index in [1.165, 1.54) is 12.8 Å². The van der Waals surface area contributed by atoms with Crippen molar-refractivity contribution in [2.45, 2.75) is 50.7 Å². The lowest BCUT2D eigenvalue weighted by molar-refractivity contribution is -0.176. The van der Waals surface area contributed by atoms with Crippen molar-refractivity contribution in [3.8, 4) is 11.6 Å². The fourth-order valence-corrected chi connectivity index (χ4v) is 4.05. The van der Waals surface area contributed by atoms with Gasteiger partial charge in [-0.05, 0) is 48.4 Å². The van der Waals surface area contributed by atoms with Gasteiger partial charge in [-0.2, -0.15) is 18.3 Å².